The van der Waals surface area contributed by atoms with E-state index in [0.29, 0.717) is 12.0 Å². The maximum Gasteiger partial charge on any atom is 0.338 e. The van der Waals surface area contributed by atoms with E-state index in [2.05, 4.69) is 0 Å². The Kier molecular flexibility index (Phi) is 5.41. The van der Waals surface area contributed by atoms with E-state index in [4.69, 9.17) is 4.74 Å². The molecule has 0 spiro atoms. The van der Waals surface area contributed by atoms with E-state index in [-0.39, 0.29) is 24.2 Å². The highest BCUT2D eigenvalue weighted by atomic mass is 32.2. The molecule has 126 valence electrons. The Balaban J connectivity index is 1.86. The van der Waals surface area contributed by atoms with Crippen molar-refractivity contribution in [1.82, 2.24) is 4.90 Å². The Bertz CT molecular complexity index is 681. The first-order chi connectivity index (χ1) is 10.8. The molecule has 1 aromatic carbocycles. The molecule has 0 bridgehead atoms. The maximum absolute atomic E-state index is 12.0. The fourth-order valence-corrected chi connectivity index (χ4v) is 4.25. The number of likely N-dealkylation sites (N-methyl/N-ethyl adjacent to an activating group) is 1. The average molecular weight is 339 g/mol. The lowest BCUT2D eigenvalue weighted by Crippen LogP contribution is -2.40. The van der Waals surface area contributed by atoms with Gasteiger partial charge in [-0.15, -0.1) is 0 Å². The summed E-state index contributed by atoms with van der Waals surface area (Å²) in [7, 11) is -1.52. The van der Waals surface area contributed by atoms with E-state index in [1.165, 1.54) is 11.9 Å². The maximum atomic E-state index is 12.0. The fourth-order valence-electron chi connectivity index (χ4n) is 2.47. The number of hydrogen-bond donors (Lipinski definition) is 0. The first-order valence-corrected chi connectivity index (χ1v) is 9.36. The molecule has 1 atom stereocenters. The van der Waals surface area contributed by atoms with Crippen LogP contribution in [0.25, 0.3) is 0 Å². The Morgan fingerprint density at radius 3 is 2.43 bits per heavy atom. The molecular weight excluding hydrogens is 318 g/mol. The van der Waals surface area contributed by atoms with Crippen LogP contribution >= 0.6 is 0 Å². The smallest absolute Gasteiger partial charge is 0.338 e. The zero-order valence-electron chi connectivity index (χ0n) is 13.3. The van der Waals surface area contributed by atoms with Gasteiger partial charge in [0.05, 0.1) is 17.1 Å². The van der Waals surface area contributed by atoms with Gasteiger partial charge in [0.15, 0.2) is 16.4 Å². The number of hydrogen-bond acceptors (Lipinski definition) is 5. The Morgan fingerprint density at radius 2 is 1.91 bits per heavy atom. The molecule has 6 nitrogen and oxygen atoms in total. The van der Waals surface area contributed by atoms with E-state index in [1.54, 1.807) is 12.1 Å². The third kappa shape index (κ3) is 4.54. The number of carbonyl (C=O) groups excluding carboxylic acids is 2. The molecule has 1 aromatic rings. The zero-order chi connectivity index (χ0) is 17.0. The van der Waals surface area contributed by atoms with Crippen LogP contribution in [0.3, 0.4) is 0 Å². The third-order valence-electron chi connectivity index (χ3n) is 4.07. The van der Waals surface area contributed by atoms with E-state index in [9.17, 15) is 18.0 Å². The summed E-state index contributed by atoms with van der Waals surface area (Å²) in [6.45, 7) is 1.63. The van der Waals surface area contributed by atoms with Crippen LogP contribution < -0.4 is 0 Å². The lowest BCUT2D eigenvalue weighted by molar-refractivity contribution is -0.134. The highest BCUT2D eigenvalue weighted by Gasteiger charge is 2.32. The largest absolute Gasteiger partial charge is 0.452 e. The van der Waals surface area contributed by atoms with Crippen LogP contribution in [-0.2, 0) is 25.8 Å². The second kappa shape index (κ2) is 7.12. The highest BCUT2D eigenvalue weighted by molar-refractivity contribution is 7.91. The first-order valence-electron chi connectivity index (χ1n) is 7.54. The summed E-state index contributed by atoms with van der Waals surface area (Å²) in [5.74, 6) is -0.889. The quantitative estimate of drug-likeness (QED) is 0.749. The first kappa shape index (κ1) is 17.5. The van der Waals surface area contributed by atoms with Gasteiger partial charge >= 0.3 is 5.97 Å². The van der Waals surface area contributed by atoms with Crippen molar-refractivity contribution in [3.05, 3.63) is 35.4 Å². The van der Waals surface area contributed by atoms with Gasteiger partial charge in [-0.25, -0.2) is 13.2 Å². The van der Waals surface area contributed by atoms with Crippen LogP contribution in [0.1, 0.15) is 29.3 Å². The molecule has 23 heavy (non-hydrogen) atoms. The minimum atomic E-state index is -3.06. The SMILES string of the molecule is CCc1ccc(C(=O)OCC(=O)N(C)[C@@H]2CCS(=O)(=O)C2)cc1. The Morgan fingerprint density at radius 1 is 1.26 bits per heavy atom. The molecule has 7 heteroatoms. The van der Waals surface area contributed by atoms with Crippen LogP contribution in [0.4, 0.5) is 0 Å². The van der Waals surface area contributed by atoms with Crippen molar-refractivity contribution >= 4 is 21.7 Å². The number of sulfone groups is 1. The number of aryl methyl sites for hydroxylation is 1. The summed E-state index contributed by atoms with van der Waals surface area (Å²) < 4.78 is 27.9. The van der Waals surface area contributed by atoms with Gasteiger partial charge in [-0.1, -0.05) is 19.1 Å². The molecule has 0 aromatic heterocycles. The van der Waals surface area contributed by atoms with Gasteiger partial charge in [0.25, 0.3) is 5.91 Å². The van der Waals surface area contributed by atoms with Crippen LogP contribution in [0.15, 0.2) is 24.3 Å². The Hall–Kier alpha value is -1.89. The standard InChI is InChI=1S/C16H21NO5S/c1-3-12-4-6-13(7-5-12)16(19)22-10-15(18)17(2)14-8-9-23(20,21)11-14/h4-7,14H,3,8-11H2,1-2H3/t14-/m1/s1. The average Bonchev–Trinajstić information content (AvgIpc) is 2.91. The minimum absolute atomic E-state index is 0.0261. The van der Waals surface area contributed by atoms with Gasteiger partial charge in [-0.05, 0) is 30.5 Å². The van der Waals surface area contributed by atoms with Crippen LogP contribution in [0.2, 0.25) is 0 Å². The number of ether oxygens (including phenoxy) is 1. The van der Waals surface area contributed by atoms with Gasteiger partial charge in [-0.3, -0.25) is 4.79 Å². The molecule has 1 fully saturated rings. The van der Waals surface area contributed by atoms with Crippen molar-refractivity contribution in [2.45, 2.75) is 25.8 Å². The van der Waals surface area contributed by atoms with Gasteiger partial charge in [-0.2, -0.15) is 0 Å². The van der Waals surface area contributed by atoms with Crippen molar-refractivity contribution < 1.29 is 22.7 Å². The van der Waals surface area contributed by atoms with E-state index in [0.717, 1.165) is 12.0 Å². The molecule has 1 heterocycles. The second-order valence-electron chi connectivity index (χ2n) is 5.69. The van der Waals surface area contributed by atoms with Crippen LogP contribution in [0, 0.1) is 0 Å². The summed E-state index contributed by atoms with van der Waals surface area (Å²) in [4.78, 5) is 25.3. The Labute approximate surface area is 136 Å². The van der Waals surface area contributed by atoms with Crippen LogP contribution in [-0.4, -0.2) is 56.4 Å². The normalized spacial score (nSPS) is 19.3. The van der Waals surface area contributed by atoms with Gasteiger partial charge in [0.2, 0.25) is 0 Å². The molecule has 1 aliphatic heterocycles. The summed E-state index contributed by atoms with van der Waals surface area (Å²) in [5.41, 5.74) is 1.50. The molecule has 0 unspecified atom stereocenters. The highest BCUT2D eigenvalue weighted by Crippen LogP contribution is 2.16. The second-order valence-corrected chi connectivity index (χ2v) is 7.92. The van der Waals surface area contributed by atoms with Crippen molar-refractivity contribution in [1.29, 1.82) is 0 Å². The predicted octanol–water partition coefficient (Wildman–Crippen LogP) is 1.05. The van der Waals surface area contributed by atoms with E-state index >= 15 is 0 Å². The number of nitrogens with zero attached hydrogens (tertiary/aromatic N) is 1. The zero-order valence-corrected chi connectivity index (χ0v) is 14.1. The molecule has 1 saturated heterocycles. The summed E-state index contributed by atoms with van der Waals surface area (Å²) in [6, 6.07) is 6.68. The molecule has 1 amide bonds. The molecular formula is C16H21NO5S. The molecule has 2 rings (SSSR count). The number of carbonyl (C=O) groups is 2. The van der Waals surface area contributed by atoms with Crippen molar-refractivity contribution in [2.75, 3.05) is 25.2 Å². The predicted molar refractivity (Wildman–Crippen MR) is 85.9 cm³/mol. The fraction of sp³-hybridized carbons (Fsp3) is 0.500. The number of amides is 1. The van der Waals surface area contributed by atoms with Crippen LogP contribution in [0.5, 0.6) is 0 Å². The molecule has 0 aliphatic carbocycles. The van der Waals surface area contributed by atoms with E-state index < -0.39 is 21.7 Å². The van der Waals surface area contributed by atoms with Gasteiger partial charge in [0.1, 0.15) is 0 Å². The topological polar surface area (TPSA) is 80.8 Å². The molecule has 0 saturated carbocycles. The summed E-state index contributed by atoms with van der Waals surface area (Å²) in [5, 5.41) is 0. The third-order valence-corrected chi connectivity index (χ3v) is 5.82. The molecule has 1 aliphatic rings. The summed E-state index contributed by atoms with van der Waals surface area (Å²) in [6.07, 6.45) is 1.31. The molecule has 0 radical (unpaired) electrons. The van der Waals surface area contributed by atoms with Gasteiger partial charge in [0, 0.05) is 13.1 Å². The van der Waals surface area contributed by atoms with E-state index in [1.807, 2.05) is 19.1 Å². The van der Waals surface area contributed by atoms with Crippen molar-refractivity contribution in [3.8, 4) is 0 Å². The summed E-state index contributed by atoms with van der Waals surface area (Å²) >= 11 is 0. The monoisotopic (exact) mass is 339 g/mol. The van der Waals surface area contributed by atoms with Crippen molar-refractivity contribution in [3.63, 3.8) is 0 Å². The minimum Gasteiger partial charge on any atom is -0.452 e. The lowest BCUT2D eigenvalue weighted by Gasteiger charge is -2.23. The molecule has 0 N–H and O–H groups in total. The lowest BCUT2D eigenvalue weighted by atomic mass is 10.1. The number of rotatable bonds is 5. The van der Waals surface area contributed by atoms with Crippen molar-refractivity contribution in [2.24, 2.45) is 0 Å². The number of esters is 1. The van der Waals surface area contributed by atoms with Gasteiger partial charge < -0.3 is 9.64 Å². The number of benzene rings is 1.